The summed E-state index contributed by atoms with van der Waals surface area (Å²) in [5.41, 5.74) is 7.93. The molecular weight excluding hydrogens is 138 g/mol. The van der Waals surface area contributed by atoms with Crippen LogP contribution in [0, 0.1) is 5.41 Å². The van der Waals surface area contributed by atoms with Crippen LogP contribution in [0.1, 0.15) is 5.56 Å². The molecule has 0 atom stereocenters. The largest absolute Gasteiger partial charge is 0.398 e. The summed E-state index contributed by atoms with van der Waals surface area (Å²) in [7, 11) is 1.83. The van der Waals surface area contributed by atoms with Crippen LogP contribution in [-0.2, 0) is 0 Å². The molecule has 4 N–H and O–H groups in total. The number of hydrogen-bond donors (Lipinski definition) is 3. The minimum absolute atomic E-state index is 0.638. The van der Waals surface area contributed by atoms with Gasteiger partial charge in [0.15, 0.2) is 0 Å². The molecule has 0 aliphatic carbocycles. The summed E-state index contributed by atoms with van der Waals surface area (Å²) < 4.78 is 0. The quantitative estimate of drug-likeness (QED) is 0.438. The van der Waals surface area contributed by atoms with E-state index in [9.17, 15) is 0 Å². The normalized spacial score (nSPS) is 9.18. The number of nitrogens with two attached hydrogens (primary N) is 1. The first kappa shape index (κ1) is 7.60. The van der Waals surface area contributed by atoms with Gasteiger partial charge in [0.25, 0.3) is 0 Å². The molecule has 3 heteroatoms. The Morgan fingerprint density at radius 1 is 1.55 bits per heavy atom. The van der Waals surface area contributed by atoms with E-state index in [0.717, 1.165) is 11.3 Å². The van der Waals surface area contributed by atoms with Gasteiger partial charge < -0.3 is 16.5 Å². The molecule has 0 bridgehead atoms. The van der Waals surface area contributed by atoms with E-state index in [4.69, 9.17) is 11.1 Å². The Bertz CT molecular complexity index is 268. The molecule has 0 radical (unpaired) electrons. The van der Waals surface area contributed by atoms with Crippen LogP contribution in [0.15, 0.2) is 18.2 Å². The molecule has 0 unspecified atom stereocenters. The van der Waals surface area contributed by atoms with Crippen LogP contribution in [0.25, 0.3) is 0 Å². The Balaban J connectivity index is 3.12. The van der Waals surface area contributed by atoms with Crippen molar-refractivity contribution in [3.63, 3.8) is 0 Å². The summed E-state index contributed by atoms with van der Waals surface area (Å²) in [5.74, 6) is 0. The highest BCUT2D eigenvalue weighted by Crippen LogP contribution is 2.14. The zero-order chi connectivity index (χ0) is 8.27. The molecule has 0 fully saturated rings. The fourth-order valence-electron chi connectivity index (χ4n) is 0.855. The number of nitrogen functional groups attached to an aromatic ring is 1. The fourth-order valence-corrected chi connectivity index (χ4v) is 0.855. The van der Waals surface area contributed by atoms with Crippen LogP contribution in [0.3, 0.4) is 0 Å². The number of rotatable bonds is 2. The van der Waals surface area contributed by atoms with Crippen molar-refractivity contribution in [3.05, 3.63) is 23.8 Å². The predicted molar refractivity (Wildman–Crippen MR) is 48.3 cm³/mol. The van der Waals surface area contributed by atoms with Crippen molar-refractivity contribution in [3.8, 4) is 0 Å². The summed E-state index contributed by atoms with van der Waals surface area (Å²) >= 11 is 0. The van der Waals surface area contributed by atoms with Gasteiger partial charge in [-0.3, -0.25) is 0 Å². The number of anilines is 2. The maximum atomic E-state index is 7.02. The molecule has 1 aromatic carbocycles. The van der Waals surface area contributed by atoms with Crippen LogP contribution in [0.4, 0.5) is 11.4 Å². The molecule has 0 aliphatic rings. The lowest BCUT2D eigenvalue weighted by Gasteiger charge is -2.02. The summed E-state index contributed by atoms with van der Waals surface area (Å²) in [5, 5.41) is 9.99. The van der Waals surface area contributed by atoms with E-state index in [1.807, 2.05) is 19.2 Å². The molecule has 1 aromatic rings. The van der Waals surface area contributed by atoms with Gasteiger partial charge in [-0.25, -0.2) is 0 Å². The van der Waals surface area contributed by atoms with Gasteiger partial charge in [-0.05, 0) is 18.2 Å². The molecule has 0 saturated carbocycles. The monoisotopic (exact) mass is 149 g/mol. The van der Waals surface area contributed by atoms with Crippen molar-refractivity contribution in [2.75, 3.05) is 18.1 Å². The summed E-state index contributed by atoms with van der Waals surface area (Å²) in [6.45, 7) is 0. The SMILES string of the molecule is CNc1ccc(N)c(C=N)c1. The van der Waals surface area contributed by atoms with Crippen molar-refractivity contribution in [1.82, 2.24) is 0 Å². The summed E-state index contributed by atoms with van der Waals surface area (Å²) in [6.07, 6.45) is 1.25. The molecule has 0 aliphatic heterocycles. The highest BCUT2D eigenvalue weighted by Gasteiger charge is 1.95. The number of benzene rings is 1. The van der Waals surface area contributed by atoms with E-state index in [2.05, 4.69) is 5.32 Å². The average molecular weight is 149 g/mol. The second-order valence-corrected chi connectivity index (χ2v) is 2.24. The van der Waals surface area contributed by atoms with Gasteiger partial charge in [-0.2, -0.15) is 0 Å². The Morgan fingerprint density at radius 3 is 2.82 bits per heavy atom. The highest BCUT2D eigenvalue weighted by molar-refractivity contribution is 5.86. The van der Waals surface area contributed by atoms with Gasteiger partial charge in [-0.15, -0.1) is 0 Å². The molecule has 0 heterocycles. The lowest BCUT2D eigenvalue weighted by Crippen LogP contribution is -1.95. The van der Waals surface area contributed by atoms with E-state index in [0.29, 0.717) is 5.69 Å². The maximum Gasteiger partial charge on any atom is 0.0404 e. The van der Waals surface area contributed by atoms with E-state index < -0.39 is 0 Å². The van der Waals surface area contributed by atoms with Gasteiger partial charge >= 0.3 is 0 Å². The lowest BCUT2D eigenvalue weighted by atomic mass is 10.2. The Hall–Kier alpha value is -1.51. The lowest BCUT2D eigenvalue weighted by molar-refractivity contribution is 1.49. The van der Waals surface area contributed by atoms with E-state index in [1.54, 1.807) is 6.07 Å². The zero-order valence-electron chi connectivity index (χ0n) is 6.39. The summed E-state index contributed by atoms with van der Waals surface area (Å²) in [4.78, 5) is 0. The van der Waals surface area contributed by atoms with Crippen molar-refractivity contribution in [2.45, 2.75) is 0 Å². The maximum absolute atomic E-state index is 7.02. The van der Waals surface area contributed by atoms with Gasteiger partial charge in [-0.1, -0.05) is 0 Å². The van der Waals surface area contributed by atoms with Crippen LogP contribution < -0.4 is 11.1 Å². The van der Waals surface area contributed by atoms with Crippen molar-refractivity contribution < 1.29 is 0 Å². The number of nitrogens with one attached hydrogen (secondary N) is 2. The standard InChI is InChI=1S/C8H11N3/c1-11-7-2-3-8(10)6(4-7)5-9/h2-5,9,11H,10H2,1H3. The van der Waals surface area contributed by atoms with Gasteiger partial charge in [0.2, 0.25) is 0 Å². The van der Waals surface area contributed by atoms with Crippen LogP contribution in [-0.4, -0.2) is 13.3 Å². The summed E-state index contributed by atoms with van der Waals surface area (Å²) in [6, 6.07) is 5.50. The van der Waals surface area contributed by atoms with E-state index in [1.165, 1.54) is 6.21 Å². The third kappa shape index (κ3) is 1.49. The molecule has 11 heavy (non-hydrogen) atoms. The Morgan fingerprint density at radius 2 is 2.27 bits per heavy atom. The molecule has 0 saturated heterocycles. The highest BCUT2D eigenvalue weighted by atomic mass is 14.8. The molecule has 1 rings (SSSR count). The third-order valence-corrected chi connectivity index (χ3v) is 1.53. The van der Waals surface area contributed by atoms with Crippen molar-refractivity contribution in [1.29, 1.82) is 5.41 Å². The average Bonchev–Trinajstić information content (AvgIpc) is 2.05. The smallest absolute Gasteiger partial charge is 0.0404 e. The first-order valence-corrected chi connectivity index (χ1v) is 3.35. The number of hydrogen-bond acceptors (Lipinski definition) is 3. The molecular formula is C8H11N3. The van der Waals surface area contributed by atoms with E-state index >= 15 is 0 Å². The first-order valence-electron chi connectivity index (χ1n) is 3.35. The van der Waals surface area contributed by atoms with Crippen LogP contribution >= 0.6 is 0 Å². The zero-order valence-corrected chi connectivity index (χ0v) is 6.39. The first-order chi connectivity index (χ1) is 5.27. The topological polar surface area (TPSA) is 61.9 Å². The van der Waals surface area contributed by atoms with Gasteiger partial charge in [0.05, 0.1) is 0 Å². The minimum Gasteiger partial charge on any atom is -0.398 e. The minimum atomic E-state index is 0.638. The molecule has 0 amide bonds. The van der Waals surface area contributed by atoms with Crippen LogP contribution in [0.5, 0.6) is 0 Å². The predicted octanol–water partition coefficient (Wildman–Crippen LogP) is 1.31. The molecule has 0 spiro atoms. The fraction of sp³-hybridized carbons (Fsp3) is 0.125. The molecule has 3 nitrogen and oxygen atoms in total. The van der Waals surface area contributed by atoms with E-state index in [-0.39, 0.29) is 0 Å². The van der Waals surface area contributed by atoms with Crippen LogP contribution in [0.2, 0.25) is 0 Å². The second-order valence-electron chi connectivity index (χ2n) is 2.24. The van der Waals surface area contributed by atoms with Crippen molar-refractivity contribution >= 4 is 17.6 Å². The second kappa shape index (κ2) is 3.05. The third-order valence-electron chi connectivity index (χ3n) is 1.53. The van der Waals surface area contributed by atoms with Gasteiger partial charge in [0.1, 0.15) is 0 Å². The molecule has 58 valence electrons. The van der Waals surface area contributed by atoms with Gasteiger partial charge in [0, 0.05) is 30.2 Å². The Labute approximate surface area is 65.7 Å². The Kier molecular flexibility index (Phi) is 2.11. The van der Waals surface area contributed by atoms with Crippen molar-refractivity contribution in [2.24, 2.45) is 0 Å². The molecule has 0 aromatic heterocycles.